The molecule has 5 nitrogen and oxygen atoms in total. The van der Waals surface area contributed by atoms with E-state index in [4.69, 9.17) is 5.11 Å². The molecule has 0 saturated carbocycles. The third kappa shape index (κ3) is 9.89. The van der Waals surface area contributed by atoms with E-state index in [0.29, 0.717) is 6.42 Å². The second-order valence-electron chi connectivity index (χ2n) is 7.75. The zero-order valence-electron chi connectivity index (χ0n) is 16.2. The largest absolute Gasteiger partial charge is 0.481 e. The quantitative estimate of drug-likeness (QED) is 0.207. The fourth-order valence-corrected chi connectivity index (χ4v) is 5.19. The van der Waals surface area contributed by atoms with Crippen molar-refractivity contribution in [1.82, 2.24) is 0 Å². The zero-order chi connectivity index (χ0) is 19.4. The first-order chi connectivity index (χ1) is 12.3. The Labute approximate surface area is 158 Å². The molecule has 3 atom stereocenters. The van der Waals surface area contributed by atoms with Crippen molar-refractivity contribution >= 4 is 13.6 Å². The van der Waals surface area contributed by atoms with Crippen LogP contribution in [-0.2, 0) is 9.36 Å². The minimum absolute atomic E-state index is 0.0212. The molecule has 0 radical (unpaired) electrons. The summed E-state index contributed by atoms with van der Waals surface area (Å²) < 4.78 is 11.9. The van der Waals surface area contributed by atoms with Gasteiger partial charge >= 0.3 is 13.6 Å². The van der Waals surface area contributed by atoms with E-state index in [0.717, 1.165) is 70.6 Å². The first-order valence-corrected chi connectivity index (χ1v) is 12.0. The fourth-order valence-electron chi connectivity index (χ4n) is 3.90. The van der Waals surface area contributed by atoms with Gasteiger partial charge in [-0.05, 0) is 37.5 Å². The lowest BCUT2D eigenvalue weighted by atomic mass is 9.83. The van der Waals surface area contributed by atoms with Crippen LogP contribution in [0.5, 0.6) is 0 Å². The van der Waals surface area contributed by atoms with Crippen LogP contribution in [0.2, 0.25) is 0 Å². The van der Waals surface area contributed by atoms with Gasteiger partial charge in [0.1, 0.15) is 0 Å². The third-order valence-corrected chi connectivity index (χ3v) is 6.92. The highest BCUT2D eigenvalue weighted by molar-refractivity contribution is 7.52. The van der Waals surface area contributed by atoms with E-state index in [1.807, 2.05) is 0 Å². The Hall–Kier alpha value is -0.640. The molecule has 0 aromatic heterocycles. The fraction of sp³-hybridized carbons (Fsp3) is 0.850. The molecule has 0 amide bonds. The lowest BCUT2D eigenvalue weighted by molar-refractivity contribution is -0.137. The molecule has 0 saturated heterocycles. The predicted octanol–water partition coefficient (Wildman–Crippen LogP) is 5.51. The number of aliphatic carboxylic acids is 1. The highest BCUT2D eigenvalue weighted by Crippen LogP contribution is 2.51. The molecule has 3 unspecified atom stereocenters. The highest BCUT2D eigenvalue weighted by Gasteiger charge is 2.38. The number of carbonyl (C=O) groups is 1. The van der Waals surface area contributed by atoms with Crippen LogP contribution in [0.3, 0.4) is 0 Å². The van der Waals surface area contributed by atoms with Crippen molar-refractivity contribution in [2.24, 2.45) is 11.8 Å². The molecule has 0 aliphatic heterocycles. The molecule has 0 spiro atoms. The Balaban J connectivity index is 2.29. The lowest BCUT2D eigenvalue weighted by Gasteiger charge is -2.32. The van der Waals surface area contributed by atoms with Crippen LogP contribution in [0.25, 0.3) is 0 Å². The van der Waals surface area contributed by atoms with Crippen LogP contribution in [0, 0.1) is 11.8 Å². The normalized spacial score (nSPS) is 23.3. The van der Waals surface area contributed by atoms with Crippen LogP contribution in [0.15, 0.2) is 12.2 Å². The van der Waals surface area contributed by atoms with Crippen LogP contribution in [-0.4, -0.2) is 26.5 Å². The summed E-state index contributed by atoms with van der Waals surface area (Å²) >= 11 is 0. The summed E-state index contributed by atoms with van der Waals surface area (Å²) in [6, 6.07) is 0. The molecular formula is C20H37O5P. The van der Waals surface area contributed by atoms with Gasteiger partial charge in [-0.3, -0.25) is 9.36 Å². The van der Waals surface area contributed by atoms with Crippen LogP contribution < -0.4 is 0 Å². The number of allylic oxidation sites excluding steroid dienone is 2. The number of hydrogen-bond donors (Lipinski definition) is 3. The Kier molecular flexibility index (Phi) is 11.4. The van der Waals surface area contributed by atoms with Crippen LogP contribution in [0.4, 0.5) is 0 Å². The number of carboxylic acids is 1. The van der Waals surface area contributed by atoms with Gasteiger partial charge in [-0.2, -0.15) is 0 Å². The van der Waals surface area contributed by atoms with Crippen molar-refractivity contribution in [2.75, 3.05) is 0 Å². The smallest absolute Gasteiger partial charge is 0.329 e. The van der Waals surface area contributed by atoms with Gasteiger partial charge < -0.3 is 14.9 Å². The first kappa shape index (κ1) is 23.4. The van der Waals surface area contributed by atoms with Crippen molar-refractivity contribution < 1.29 is 24.3 Å². The highest BCUT2D eigenvalue weighted by atomic mass is 31.2. The molecule has 6 heteroatoms. The topological polar surface area (TPSA) is 94.8 Å². The van der Waals surface area contributed by atoms with E-state index in [9.17, 15) is 19.1 Å². The van der Waals surface area contributed by atoms with E-state index < -0.39 is 19.2 Å². The maximum Gasteiger partial charge on any atom is 0.329 e. The van der Waals surface area contributed by atoms with Crippen LogP contribution in [0.1, 0.15) is 90.4 Å². The molecule has 1 aliphatic rings. The van der Waals surface area contributed by atoms with E-state index in [-0.39, 0.29) is 18.3 Å². The van der Waals surface area contributed by atoms with Gasteiger partial charge in [-0.15, -0.1) is 0 Å². The van der Waals surface area contributed by atoms with Crippen molar-refractivity contribution in [2.45, 2.75) is 96.1 Å². The number of rotatable bonds is 14. The van der Waals surface area contributed by atoms with Gasteiger partial charge in [-0.1, -0.05) is 70.4 Å². The lowest BCUT2D eigenvalue weighted by Crippen LogP contribution is -2.26. The second kappa shape index (κ2) is 12.7. The molecule has 0 aromatic rings. The van der Waals surface area contributed by atoms with Crippen molar-refractivity contribution in [1.29, 1.82) is 0 Å². The SMILES string of the molecule is CCCCCC1C=CC(CCCCCCCCC(=O)O)CC1P(=O)(O)O. The van der Waals surface area contributed by atoms with Gasteiger partial charge in [-0.25, -0.2) is 0 Å². The van der Waals surface area contributed by atoms with E-state index in [2.05, 4.69) is 19.1 Å². The summed E-state index contributed by atoms with van der Waals surface area (Å²) in [6.45, 7) is 2.14. The third-order valence-electron chi connectivity index (χ3n) is 5.46. The average Bonchev–Trinajstić information content (AvgIpc) is 2.57. The van der Waals surface area contributed by atoms with Gasteiger partial charge in [0.05, 0.1) is 5.66 Å². The molecule has 1 rings (SSSR count). The summed E-state index contributed by atoms with van der Waals surface area (Å²) in [6.07, 6.45) is 16.3. The van der Waals surface area contributed by atoms with E-state index in [1.54, 1.807) is 0 Å². The molecule has 26 heavy (non-hydrogen) atoms. The summed E-state index contributed by atoms with van der Waals surface area (Å²) in [5, 5.41) is 8.59. The Morgan fingerprint density at radius 2 is 1.58 bits per heavy atom. The van der Waals surface area contributed by atoms with Crippen LogP contribution >= 0.6 is 7.60 Å². The summed E-state index contributed by atoms with van der Waals surface area (Å²) in [5.74, 6) is -0.420. The predicted molar refractivity (Wildman–Crippen MR) is 105 cm³/mol. The minimum Gasteiger partial charge on any atom is -0.481 e. The Morgan fingerprint density at radius 3 is 2.19 bits per heavy atom. The molecule has 3 N–H and O–H groups in total. The van der Waals surface area contributed by atoms with Crippen molar-refractivity contribution in [3.8, 4) is 0 Å². The average molecular weight is 388 g/mol. The number of hydrogen-bond acceptors (Lipinski definition) is 2. The zero-order valence-corrected chi connectivity index (χ0v) is 17.1. The Bertz CT molecular complexity index is 471. The molecule has 0 aromatic carbocycles. The van der Waals surface area contributed by atoms with E-state index >= 15 is 0 Å². The van der Waals surface area contributed by atoms with Gasteiger partial charge in [0, 0.05) is 6.42 Å². The molecular weight excluding hydrogens is 351 g/mol. The summed E-state index contributed by atoms with van der Waals surface area (Å²) in [4.78, 5) is 29.9. The van der Waals surface area contributed by atoms with Crippen molar-refractivity contribution in [3.05, 3.63) is 12.2 Å². The summed E-state index contributed by atoms with van der Waals surface area (Å²) in [7, 11) is -4.05. The molecule has 1 aliphatic carbocycles. The molecule has 0 bridgehead atoms. The van der Waals surface area contributed by atoms with Gasteiger partial charge in [0.25, 0.3) is 0 Å². The van der Waals surface area contributed by atoms with Gasteiger partial charge in [0.15, 0.2) is 0 Å². The maximum absolute atomic E-state index is 11.9. The molecule has 0 heterocycles. The standard InChI is InChI=1S/C20H37O5P/c1-2-3-8-12-18-15-14-17(16-19(18)26(23,24)25)11-9-6-4-5-7-10-13-20(21)22/h14-15,17-19H,2-13,16H2,1H3,(H,21,22)(H2,23,24,25). The van der Waals surface area contributed by atoms with E-state index in [1.165, 1.54) is 0 Å². The molecule has 0 fully saturated rings. The van der Waals surface area contributed by atoms with Crippen molar-refractivity contribution in [3.63, 3.8) is 0 Å². The molecule has 152 valence electrons. The van der Waals surface area contributed by atoms with Gasteiger partial charge in [0.2, 0.25) is 0 Å². The Morgan fingerprint density at radius 1 is 0.962 bits per heavy atom. The number of unbranched alkanes of at least 4 members (excludes halogenated alkanes) is 7. The first-order valence-electron chi connectivity index (χ1n) is 10.3. The second-order valence-corrected chi connectivity index (χ2v) is 9.59. The monoisotopic (exact) mass is 388 g/mol. The maximum atomic E-state index is 11.9. The minimum atomic E-state index is -4.05. The summed E-state index contributed by atoms with van der Waals surface area (Å²) in [5.41, 5.74) is -0.509. The number of carboxylic acid groups (broad SMARTS) is 1.